The van der Waals surface area contributed by atoms with E-state index in [0.717, 1.165) is 0 Å². The average Bonchev–Trinajstić information content (AvgIpc) is 2.37. The molecule has 0 aromatic rings. The molecule has 0 radical (unpaired) electrons. The molecule has 1 heterocycles. The van der Waals surface area contributed by atoms with Crippen LogP contribution in [0.3, 0.4) is 0 Å². The monoisotopic (exact) mass is 305 g/mol. The third-order valence-electron chi connectivity index (χ3n) is 3.07. The highest BCUT2D eigenvalue weighted by Crippen LogP contribution is 2.09. The standard InChI is InChI=1S/C11H19N3O5S/c1-7(20(2)19)6-13-11(18)14-4-3-12-10(17)8(14)5-9(15)16/h7-8H,3-6H2,1-2H3,(H,12,17)(H,13,18)(H,15,16). The van der Waals surface area contributed by atoms with E-state index in [9.17, 15) is 18.6 Å². The lowest BCUT2D eigenvalue weighted by Crippen LogP contribution is -2.60. The number of nitrogens with one attached hydrogen (secondary N) is 2. The second kappa shape index (κ2) is 7.22. The van der Waals surface area contributed by atoms with Gasteiger partial charge in [-0.1, -0.05) is 0 Å². The summed E-state index contributed by atoms with van der Waals surface area (Å²) >= 11 is 0. The van der Waals surface area contributed by atoms with Gasteiger partial charge in [-0.15, -0.1) is 0 Å². The Morgan fingerprint density at radius 1 is 1.60 bits per heavy atom. The van der Waals surface area contributed by atoms with Crippen LogP contribution in [0.1, 0.15) is 13.3 Å². The summed E-state index contributed by atoms with van der Waals surface area (Å²) in [7, 11) is -1.06. The molecule has 3 N–H and O–H groups in total. The molecule has 0 aliphatic carbocycles. The van der Waals surface area contributed by atoms with Crippen LogP contribution >= 0.6 is 0 Å². The smallest absolute Gasteiger partial charge is 0.318 e. The van der Waals surface area contributed by atoms with Crippen LogP contribution in [0.5, 0.6) is 0 Å². The van der Waals surface area contributed by atoms with Crippen molar-refractivity contribution in [1.82, 2.24) is 15.5 Å². The molecule has 3 amide bonds. The Hall–Kier alpha value is -1.64. The molecule has 8 nitrogen and oxygen atoms in total. The maximum atomic E-state index is 12.0. The van der Waals surface area contributed by atoms with Gasteiger partial charge in [0.2, 0.25) is 5.91 Å². The summed E-state index contributed by atoms with van der Waals surface area (Å²) in [6, 6.07) is -1.52. The summed E-state index contributed by atoms with van der Waals surface area (Å²) in [5, 5.41) is 13.7. The van der Waals surface area contributed by atoms with Crippen molar-refractivity contribution in [2.24, 2.45) is 0 Å². The van der Waals surface area contributed by atoms with Gasteiger partial charge >= 0.3 is 12.0 Å². The molecule has 0 spiro atoms. The van der Waals surface area contributed by atoms with Crippen LogP contribution in [0.2, 0.25) is 0 Å². The lowest BCUT2D eigenvalue weighted by Gasteiger charge is -2.34. The number of rotatable bonds is 5. The number of piperazine rings is 1. The predicted octanol–water partition coefficient (Wildman–Crippen LogP) is -1.26. The Morgan fingerprint density at radius 3 is 2.80 bits per heavy atom. The quantitative estimate of drug-likeness (QED) is 0.586. The van der Waals surface area contributed by atoms with Gasteiger partial charge in [-0.25, -0.2) is 4.79 Å². The summed E-state index contributed by atoms with van der Waals surface area (Å²) in [6.07, 6.45) is 1.10. The van der Waals surface area contributed by atoms with E-state index in [1.54, 1.807) is 13.2 Å². The van der Waals surface area contributed by atoms with E-state index in [1.807, 2.05) is 0 Å². The lowest BCUT2D eigenvalue weighted by atomic mass is 10.1. The van der Waals surface area contributed by atoms with Gasteiger partial charge in [-0.05, 0) is 6.92 Å². The van der Waals surface area contributed by atoms with E-state index >= 15 is 0 Å². The van der Waals surface area contributed by atoms with E-state index in [4.69, 9.17) is 5.11 Å². The van der Waals surface area contributed by atoms with Gasteiger partial charge in [0.05, 0.1) is 6.42 Å². The second-order valence-electron chi connectivity index (χ2n) is 4.59. The number of carboxylic acids is 1. The fourth-order valence-corrected chi connectivity index (χ4v) is 2.09. The maximum absolute atomic E-state index is 12.0. The minimum Gasteiger partial charge on any atom is -0.481 e. The zero-order valence-corrected chi connectivity index (χ0v) is 12.2. The molecule has 1 fully saturated rings. The van der Waals surface area contributed by atoms with E-state index in [-0.39, 0.29) is 24.9 Å². The van der Waals surface area contributed by atoms with E-state index < -0.39 is 41.2 Å². The normalized spacial score (nSPS) is 21.8. The topological polar surface area (TPSA) is 116 Å². The molecule has 0 saturated carbocycles. The van der Waals surface area contributed by atoms with E-state index in [0.29, 0.717) is 0 Å². The zero-order chi connectivity index (χ0) is 15.3. The third-order valence-corrected chi connectivity index (χ3v) is 4.37. The Bertz CT molecular complexity index is 428. The highest BCUT2D eigenvalue weighted by Gasteiger charge is 2.34. The highest BCUT2D eigenvalue weighted by molar-refractivity contribution is 7.84. The summed E-state index contributed by atoms with van der Waals surface area (Å²) in [5.41, 5.74) is 0. The van der Waals surface area contributed by atoms with Crippen molar-refractivity contribution in [3.63, 3.8) is 0 Å². The van der Waals surface area contributed by atoms with E-state index in [1.165, 1.54) is 4.90 Å². The van der Waals surface area contributed by atoms with Gasteiger partial charge in [0, 0.05) is 41.9 Å². The molecule has 1 saturated heterocycles. The SMILES string of the molecule is CC(CNC(=O)N1CCNC(=O)C1CC(=O)O)S(C)=O. The Morgan fingerprint density at radius 2 is 2.25 bits per heavy atom. The van der Waals surface area contributed by atoms with Crippen molar-refractivity contribution in [3.05, 3.63) is 0 Å². The highest BCUT2D eigenvalue weighted by atomic mass is 32.2. The molecule has 1 aliphatic heterocycles. The predicted molar refractivity (Wildman–Crippen MR) is 72.7 cm³/mol. The first kappa shape index (κ1) is 16.4. The van der Waals surface area contributed by atoms with Crippen molar-refractivity contribution in [2.75, 3.05) is 25.9 Å². The molecule has 0 aromatic carbocycles. The van der Waals surface area contributed by atoms with Crippen LogP contribution < -0.4 is 10.6 Å². The molecule has 20 heavy (non-hydrogen) atoms. The number of amides is 3. The Kier molecular flexibility index (Phi) is 5.93. The number of aliphatic carboxylic acids is 1. The van der Waals surface area contributed by atoms with Crippen LogP contribution in [0.25, 0.3) is 0 Å². The largest absolute Gasteiger partial charge is 0.481 e. The van der Waals surface area contributed by atoms with Crippen molar-refractivity contribution in [3.8, 4) is 0 Å². The molecule has 0 bridgehead atoms. The van der Waals surface area contributed by atoms with Crippen LogP contribution in [0.15, 0.2) is 0 Å². The molecular weight excluding hydrogens is 286 g/mol. The Labute approximate surface area is 119 Å². The fourth-order valence-electron chi connectivity index (χ4n) is 1.78. The molecule has 1 rings (SSSR count). The number of carbonyl (C=O) groups excluding carboxylic acids is 2. The van der Waals surface area contributed by atoms with Crippen molar-refractivity contribution < 1.29 is 23.7 Å². The number of urea groups is 1. The molecule has 3 unspecified atom stereocenters. The number of hydrogen-bond acceptors (Lipinski definition) is 4. The Balaban J connectivity index is 2.65. The minimum atomic E-state index is -1.15. The molecule has 114 valence electrons. The number of carbonyl (C=O) groups is 3. The van der Waals surface area contributed by atoms with Gasteiger partial charge in [-0.2, -0.15) is 0 Å². The fraction of sp³-hybridized carbons (Fsp3) is 0.727. The average molecular weight is 305 g/mol. The summed E-state index contributed by atoms with van der Waals surface area (Å²) in [4.78, 5) is 35.6. The molecule has 3 atom stereocenters. The first-order chi connectivity index (χ1) is 9.32. The minimum absolute atomic E-state index is 0.208. The van der Waals surface area contributed by atoms with Crippen LogP contribution in [-0.2, 0) is 20.4 Å². The molecule has 1 aliphatic rings. The third kappa shape index (κ3) is 4.48. The van der Waals surface area contributed by atoms with Gasteiger partial charge in [0.25, 0.3) is 0 Å². The number of carboxylic acid groups (broad SMARTS) is 1. The van der Waals surface area contributed by atoms with Gasteiger partial charge < -0.3 is 20.6 Å². The van der Waals surface area contributed by atoms with Gasteiger partial charge in [0.1, 0.15) is 6.04 Å². The number of hydrogen-bond donors (Lipinski definition) is 3. The lowest BCUT2D eigenvalue weighted by molar-refractivity contribution is -0.142. The molecule has 0 aromatic heterocycles. The second-order valence-corrected chi connectivity index (χ2v) is 6.40. The van der Waals surface area contributed by atoms with Crippen LogP contribution in [-0.4, -0.2) is 69.3 Å². The van der Waals surface area contributed by atoms with Crippen molar-refractivity contribution in [2.45, 2.75) is 24.6 Å². The van der Waals surface area contributed by atoms with Crippen LogP contribution in [0.4, 0.5) is 4.79 Å². The van der Waals surface area contributed by atoms with Gasteiger partial charge in [-0.3, -0.25) is 13.8 Å². The van der Waals surface area contributed by atoms with Crippen molar-refractivity contribution >= 4 is 28.7 Å². The van der Waals surface area contributed by atoms with Crippen LogP contribution in [0, 0.1) is 0 Å². The first-order valence-electron chi connectivity index (χ1n) is 6.19. The molecule has 9 heteroatoms. The summed E-state index contributed by atoms with van der Waals surface area (Å²) in [6.45, 7) is 2.48. The maximum Gasteiger partial charge on any atom is 0.318 e. The number of nitrogens with zero attached hydrogens (tertiary/aromatic N) is 1. The van der Waals surface area contributed by atoms with Gasteiger partial charge in [0.15, 0.2) is 0 Å². The summed E-state index contributed by atoms with van der Waals surface area (Å²) < 4.78 is 11.2. The summed E-state index contributed by atoms with van der Waals surface area (Å²) in [5.74, 6) is -1.62. The first-order valence-corrected chi connectivity index (χ1v) is 7.81. The van der Waals surface area contributed by atoms with Crippen molar-refractivity contribution in [1.29, 1.82) is 0 Å². The van der Waals surface area contributed by atoms with E-state index in [2.05, 4.69) is 10.6 Å². The zero-order valence-electron chi connectivity index (χ0n) is 11.4. The molecular formula is C11H19N3O5S.